The third-order valence-corrected chi connectivity index (χ3v) is 8.62. The van der Waals surface area contributed by atoms with E-state index in [1.54, 1.807) is 19.2 Å². The maximum Gasteiger partial charge on any atom is 0.142 e. The van der Waals surface area contributed by atoms with E-state index in [4.69, 9.17) is 18.9 Å². The summed E-state index contributed by atoms with van der Waals surface area (Å²) >= 11 is 0. The average molecular weight is 592 g/mol. The second-order valence-corrected chi connectivity index (χ2v) is 11.6. The first-order valence-corrected chi connectivity index (χ1v) is 15.3. The Balaban J connectivity index is 1.07. The lowest BCUT2D eigenvalue weighted by molar-refractivity contribution is -0.0328. The summed E-state index contributed by atoms with van der Waals surface area (Å²) in [6.45, 7) is 6.36. The monoisotopic (exact) mass is 591 g/mol. The van der Waals surface area contributed by atoms with Crippen molar-refractivity contribution in [3.05, 3.63) is 83.7 Å². The molecule has 4 atom stereocenters. The molecule has 2 fully saturated rings. The highest BCUT2D eigenvalue weighted by atomic mass is 19.1. The zero-order valence-electron chi connectivity index (χ0n) is 24.8. The number of aliphatic hydroxyl groups is 1. The van der Waals surface area contributed by atoms with Crippen molar-refractivity contribution in [2.45, 2.75) is 43.7 Å². The van der Waals surface area contributed by atoms with E-state index in [1.807, 2.05) is 36.4 Å². The van der Waals surface area contributed by atoms with Crippen LogP contribution >= 0.6 is 0 Å². The third kappa shape index (κ3) is 7.24. The molecule has 0 aliphatic carbocycles. The van der Waals surface area contributed by atoms with E-state index in [-0.39, 0.29) is 23.9 Å². The number of halogens is 1. The van der Waals surface area contributed by atoms with Crippen molar-refractivity contribution in [3.8, 4) is 11.5 Å². The number of fused-ring (bicyclic) bond motifs is 1. The zero-order valence-corrected chi connectivity index (χ0v) is 24.8. The molecule has 6 rings (SSSR count). The number of methoxy groups -OCH3 is 1. The Bertz CT molecular complexity index is 1340. The summed E-state index contributed by atoms with van der Waals surface area (Å²) in [6, 6.07) is 21.0. The quantitative estimate of drug-likeness (QED) is 0.319. The van der Waals surface area contributed by atoms with Crippen molar-refractivity contribution in [2.24, 2.45) is 0 Å². The lowest BCUT2D eigenvalue weighted by Gasteiger charge is -2.36. The first-order valence-electron chi connectivity index (χ1n) is 15.3. The maximum absolute atomic E-state index is 13.7. The lowest BCUT2D eigenvalue weighted by atomic mass is 9.85. The molecule has 8 nitrogen and oxygen atoms in total. The van der Waals surface area contributed by atoms with Crippen molar-refractivity contribution >= 4 is 11.4 Å². The molecule has 0 bridgehead atoms. The number of benzene rings is 3. The molecule has 3 aliphatic heterocycles. The van der Waals surface area contributed by atoms with Gasteiger partial charge in [0.05, 0.1) is 37.6 Å². The fourth-order valence-electron chi connectivity index (χ4n) is 6.41. The zero-order chi connectivity index (χ0) is 29.6. The predicted octanol–water partition coefficient (Wildman–Crippen LogP) is 4.35. The highest BCUT2D eigenvalue weighted by Crippen LogP contribution is 2.34. The van der Waals surface area contributed by atoms with Crippen LogP contribution in [-0.2, 0) is 16.1 Å². The van der Waals surface area contributed by atoms with Gasteiger partial charge in [0.25, 0.3) is 0 Å². The van der Waals surface area contributed by atoms with Gasteiger partial charge in [0.2, 0.25) is 0 Å². The summed E-state index contributed by atoms with van der Waals surface area (Å²) in [7, 11) is 1.73. The predicted molar refractivity (Wildman–Crippen MR) is 165 cm³/mol. The Hall–Kier alpha value is -3.37. The SMILES string of the molecule is COCCCN1CCOc2ccc(CO[C@H]3CNC[C@@H](O)C3c3ccc(O[C@H]4CCN(c5cccc(F)c5)C4)cc3)cc21. The average Bonchev–Trinajstić information content (AvgIpc) is 3.49. The molecule has 3 aromatic rings. The van der Waals surface area contributed by atoms with Crippen LogP contribution in [0, 0.1) is 5.82 Å². The number of hydrogen-bond donors (Lipinski definition) is 2. The number of β-amino-alcohol motifs (C(OH)–C–C–N with tert-alkyl or cyclic N) is 1. The van der Waals surface area contributed by atoms with Gasteiger partial charge in [0.1, 0.15) is 30.0 Å². The molecule has 230 valence electrons. The van der Waals surface area contributed by atoms with Crippen LogP contribution in [0.5, 0.6) is 11.5 Å². The van der Waals surface area contributed by atoms with Crippen molar-refractivity contribution in [2.75, 3.05) is 69.4 Å². The van der Waals surface area contributed by atoms with Crippen LogP contribution in [0.1, 0.15) is 29.9 Å². The van der Waals surface area contributed by atoms with Gasteiger partial charge >= 0.3 is 0 Å². The van der Waals surface area contributed by atoms with Crippen molar-refractivity contribution in [3.63, 3.8) is 0 Å². The molecule has 0 aromatic heterocycles. The van der Waals surface area contributed by atoms with Crippen LogP contribution in [0.4, 0.5) is 15.8 Å². The first-order chi connectivity index (χ1) is 21.1. The molecule has 0 radical (unpaired) electrons. The minimum atomic E-state index is -0.562. The molecule has 1 unspecified atom stereocenters. The van der Waals surface area contributed by atoms with Gasteiger partial charge in [-0.25, -0.2) is 4.39 Å². The Morgan fingerprint density at radius 1 is 1.05 bits per heavy atom. The van der Waals surface area contributed by atoms with Gasteiger partial charge in [-0.1, -0.05) is 24.3 Å². The van der Waals surface area contributed by atoms with Gasteiger partial charge < -0.3 is 39.2 Å². The van der Waals surface area contributed by atoms with Gasteiger partial charge in [-0.2, -0.15) is 0 Å². The van der Waals surface area contributed by atoms with Crippen LogP contribution in [0.3, 0.4) is 0 Å². The van der Waals surface area contributed by atoms with Gasteiger partial charge in [-0.3, -0.25) is 0 Å². The fraction of sp³-hybridized carbons (Fsp3) is 0.471. The number of nitrogens with zero attached hydrogens (tertiary/aromatic N) is 2. The Labute approximate surface area is 253 Å². The number of nitrogens with one attached hydrogen (secondary N) is 1. The van der Waals surface area contributed by atoms with E-state index in [2.05, 4.69) is 27.2 Å². The third-order valence-electron chi connectivity index (χ3n) is 8.62. The molecule has 0 saturated carbocycles. The van der Waals surface area contributed by atoms with Crippen molar-refractivity contribution in [1.29, 1.82) is 0 Å². The van der Waals surface area contributed by atoms with E-state index >= 15 is 0 Å². The van der Waals surface area contributed by atoms with E-state index in [0.29, 0.717) is 32.8 Å². The molecular weight excluding hydrogens is 549 g/mol. The second-order valence-electron chi connectivity index (χ2n) is 11.6. The van der Waals surface area contributed by atoms with Crippen LogP contribution in [0.25, 0.3) is 0 Å². The number of aliphatic hydroxyl groups excluding tert-OH is 1. The molecule has 9 heteroatoms. The van der Waals surface area contributed by atoms with Crippen LogP contribution in [-0.4, -0.2) is 83.0 Å². The Morgan fingerprint density at radius 2 is 1.93 bits per heavy atom. The molecule has 2 N–H and O–H groups in total. The van der Waals surface area contributed by atoms with Gasteiger partial charge in [0, 0.05) is 57.9 Å². The van der Waals surface area contributed by atoms with Crippen LogP contribution < -0.4 is 24.6 Å². The summed E-state index contributed by atoms with van der Waals surface area (Å²) in [5, 5.41) is 14.3. The summed E-state index contributed by atoms with van der Waals surface area (Å²) in [5.41, 5.74) is 4.09. The minimum Gasteiger partial charge on any atom is -0.490 e. The molecule has 2 saturated heterocycles. The molecule has 43 heavy (non-hydrogen) atoms. The highest BCUT2D eigenvalue weighted by Gasteiger charge is 2.34. The van der Waals surface area contributed by atoms with Gasteiger partial charge in [-0.05, 0) is 60.0 Å². The number of rotatable bonds is 11. The molecule has 3 aromatic carbocycles. The molecule has 3 heterocycles. The Morgan fingerprint density at radius 3 is 2.77 bits per heavy atom. The summed E-state index contributed by atoms with van der Waals surface area (Å²) in [4.78, 5) is 4.51. The first kappa shape index (κ1) is 29.7. The smallest absolute Gasteiger partial charge is 0.142 e. The fourth-order valence-corrected chi connectivity index (χ4v) is 6.41. The van der Waals surface area contributed by atoms with Crippen molar-refractivity contribution < 1.29 is 28.4 Å². The lowest BCUT2D eigenvalue weighted by Crippen LogP contribution is -2.49. The van der Waals surface area contributed by atoms with Gasteiger partial charge in [-0.15, -0.1) is 0 Å². The molecule has 3 aliphatic rings. The second kappa shape index (κ2) is 13.9. The van der Waals surface area contributed by atoms with E-state index in [1.165, 1.54) is 6.07 Å². The largest absolute Gasteiger partial charge is 0.490 e. The van der Waals surface area contributed by atoms with E-state index in [9.17, 15) is 9.50 Å². The summed E-state index contributed by atoms with van der Waals surface area (Å²) in [6.07, 6.45) is 1.12. The normalized spacial score (nSPS) is 23.6. The van der Waals surface area contributed by atoms with Crippen molar-refractivity contribution in [1.82, 2.24) is 5.32 Å². The summed E-state index contributed by atoms with van der Waals surface area (Å²) in [5.74, 6) is 1.32. The van der Waals surface area contributed by atoms with Gasteiger partial charge in [0.15, 0.2) is 0 Å². The number of piperidine rings is 1. The standard InChI is InChI=1S/C34H42FN3O5/c1-40-16-3-13-37-15-17-41-32-11-6-24(18-30(32)37)23-42-33-21-36-20-31(39)34(33)25-7-9-28(10-8-25)43-29-12-14-38(22-29)27-5-2-4-26(35)19-27/h2,4-11,18-19,29,31,33-34,36,39H,3,12-17,20-23H2,1H3/t29-,31+,33-,34?/m0/s1. The van der Waals surface area contributed by atoms with E-state index < -0.39 is 6.10 Å². The van der Waals surface area contributed by atoms with Crippen LogP contribution in [0.15, 0.2) is 66.7 Å². The van der Waals surface area contributed by atoms with E-state index in [0.717, 1.165) is 73.1 Å². The highest BCUT2D eigenvalue weighted by molar-refractivity contribution is 5.61. The maximum atomic E-state index is 13.7. The van der Waals surface area contributed by atoms with Crippen LogP contribution in [0.2, 0.25) is 0 Å². The minimum absolute atomic E-state index is 0.0348. The Kier molecular flexibility index (Phi) is 9.63. The molecule has 0 amide bonds. The summed E-state index contributed by atoms with van der Waals surface area (Å²) < 4.78 is 37.6. The molecule has 0 spiro atoms. The topological polar surface area (TPSA) is 75.7 Å². The molecular formula is C34H42FN3O5. The number of anilines is 2. The number of hydrogen-bond acceptors (Lipinski definition) is 8. The number of ether oxygens (including phenoxy) is 4.